The Kier molecular flexibility index (Phi) is 7.85. The lowest BCUT2D eigenvalue weighted by atomic mass is 9.87. The average Bonchev–Trinajstić information content (AvgIpc) is 2.82. The van der Waals surface area contributed by atoms with Gasteiger partial charge in [0.25, 0.3) is 0 Å². The van der Waals surface area contributed by atoms with Crippen molar-refractivity contribution < 1.29 is 14.3 Å². The molecule has 0 fully saturated rings. The molecule has 33 heavy (non-hydrogen) atoms. The fourth-order valence-electron chi connectivity index (χ4n) is 3.67. The zero-order chi connectivity index (χ0) is 24.0. The number of anilines is 1. The number of aliphatic carboxylic acids is 1. The fourth-order valence-corrected chi connectivity index (χ4v) is 4.09. The molecule has 0 aliphatic carbocycles. The molecule has 3 aromatic rings. The summed E-state index contributed by atoms with van der Waals surface area (Å²) >= 11 is 1.48. The lowest BCUT2D eigenvalue weighted by Crippen LogP contribution is -2.00. The van der Waals surface area contributed by atoms with Crippen molar-refractivity contribution in [1.82, 2.24) is 0 Å². The van der Waals surface area contributed by atoms with Gasteiger partial charge in [-0.15, -0.1) is 11.8 Å². The zero-order valence-corrected chi connectivity index (χ0v) is 19.2. The second-order valence-electron chi connectivity index (χ2n) is 7.33. The normalized spacial score (nSPS) is 12.0. The number of nitrogen functional groups attached to an aromatic ring is 1. The Morgan fingerprint density at radius 1 is 1.09 bits per heavy atom. The van der Waals surface area contributed by atoms with E-state index in [9.17, 15) is 4.79 Å². The molecule has 0 radical (unpaired) electrons. The minimum atomic E-state index is -1.02. The minimum absolute atomic E-state index is 0.292. The van der Waals surface area contributed by atoms with Crippen LogP contribution in [0.15, 0.2) is 71.6 Å². The molecule has 3 aromatic carbocycles. The second kappa shape index (κ2) is 10.8. The van der Waals surface area contributed by atoms with E-state index in [1.165, 1.54) is 24.1 Å². The number of nitrogens with two attached hydrogens (primary N) is 1. The maximum atomic E-state index is 15.1. The van der Waals surface area contributed by atoms with Gasteiger partial charge >= 0.3 is 5.97 Å². The SMILES string of the molecule is CC/C(=C(/c1ccc(/C=C/C(=O)O)cc1)c1ccc(N)c(C=N)c1)c1ccc(SC)cc1F. The van der Waals surface area contributed by atoms with Gasteiger partial charge in [0, 0.05) is 34.0 Å². The van der Waals surface area contributed by atoms with Gasteiger partial charge in [-0.2, -0.15) is 0 Å². The van der Waals surface area contributed by atoms with E-state index in [1.54, 1.807) is 18.2 Å². The highest BCUT2D eigenvalue weighted by molar-refractivity contribution is 7.98. The van der Waals surface area contributed by atoms with Crippen LogP contribution >= 0.6 is 11.8 Å². The summed E-state index contributed by atoms with van der Waals surface area (Å²) in [5.74, 6) is -1.31. The molecule has 0 aliphatic rings. The van der Waals surface area contributed by atoms with Gasteiger partial charge in [-0.1, -0.05) is 43.3 Å². The highest BCUT2D eigenvalue weighted by atomic mass is 32.2. The van der Waals surface area contributed by atoms with Crippen LogP contribution in [0.2, 0.25) is 0 Å². The van der Waals surface area contributed by atoms with Gasteiger partial charge in [-0.25, -0.2) is 9.18 Å². The molecule has 3 rings (SSSR count). The Bertz CT molecular complexity index is 1250. The number of rotatable bonds is 8. The van der Waals surface area contributed by atoms with Crippen molar-refractivity contribution in [2.75, 3.05) is 12.0 Å². The van der Waals surface area contributed by atoms with E-state index in [-0.39, 0.29) is 5.82 Å². The standard InChI is InChI=1S/C27H25FN2O2S/c1-3-22(23-11-10-21(33-2)15-24(23)28)27(19-9-12-25(30)20(14-19)16-29)18-7-4-17(5-8-18)6-13-26(31)32/h4-16,29H,3,30H2,1-2H3,(H,31,32)/b13-6+,27-22+,29-16?. The number of hydrogen-bond donors (Lipinski definition) is 3. The lowest BCUT2D eigenvalue weighted by molar-refractivity contribution is -0.131. The number of carbonyl (C=O) groups is 1. The van der Waals surface area contributed by atoms with Gasteiger partial charge in [0.05, 0.1) is 0 Å². The molecule has 0 bridgehead atoms. The van der Waals surface area contributed by atoms with E-state index in [1.807, 2.05) is 55.6 Å². The minimum Gasteiger partial charge on any atom is -0.478 e. The smallest absolute Gasteiger partial charge is 0.328 e. The molecular weight excluding hydrogens is 435 g/mol. The molecule has 0 spiro atoms. The third kappa shape index (κ3) is 5.59. The third-order valence-electron chi connectivity index (χ3n) is 5.31. The van der Waals surface area contributed by atoms with Gasteiger partial charge in [-0.05, 0) is 70.9 Å². The maximum absolute atomic E-state index is 15.1. The summed E-state index contributed by atoms with van der Waals surface area (Å²) in [6.45, 7) is 1.98. The van der Waals surface area contributed by atoms with Crippen molar-refractivity contribution in [3.05, 3.63) is 100 Å². The summed E-state index contributed by atoms with van der Waals surface area (Å²) in [6, 6.07) is 18.1. The first-order valence-electron chi connectivity index (χ1n) is 10.4. The molecule has 4 nitrogen and oxygen atoms in total. The molecule has 168 valence electrons. The maximum Gasteiger partial charge on any atom is 0.328 e. The van der Waals surface area contributed by atoms with Gasteiger partial charge in [-0.3, -0.25) is 0 Å². The van der Waals surface area contributed by atoms with Crippen molar-refractivity contribution in [3.8, 4) is 0 Å². The van der Waals surface area contributed by atoms with Crippen LogP contribution in [0.4, 0.5) is 10.1 Å². The van der Waals surface area contributed by atoms with E-state index in [0.29, 0.717) is 23.2 Å². The van der Waals surface area contributed by atoms with E-state index < -0.39 is 5.97 Å². The van der Waals surface area contributed by atoms with Crippen molar-refractivity contribution >= 4 is 46.9 Å². The zero-order valence-electron chi connectivity index (χ0n) is 18.4. The number of allylic oxidation sites excluding steroid dienone is 1. The Morgan fingerprint density at radius 2 is 1.79 bits per heavy atom. The number of nitrogens with one attached hydrogen (secondary N) is 1. The number of carboxylic acids is 1. The first kappa shape index (κ1) is 24.0. The first-order valence-corrected chi connectivity index (χ1v) is 11.6. The Balaban J connectivity index is 2.26. The number of halogens is 1. The van der Waals surface area contributed by atoms with Crippen LogP contribution in [0, 0.1) is 11.2 Å². The highest BCUT2D eigenvalue weighted by Gasteiger charge is 2.17. The van der Waals surface area contributed by atoms with Crippen molar-refractivity contribution in [2.24, 2.45) is 0 Å². The molecule has 0 aliphatic heterocycles. The molecule has 6 heteroatoms. The van der Waals surface area contributed by atoms with Crippen molar-refractivity contribution in [1.29, 1.82) is 5.41 Å². The summed E-state index contributed by atoms with van der Waals surface area (Å²) in [6.07, 6.45) is 6.30. The fraction of sp³-hybridized carbons (Fsp3) is 0.111. The summed E-state index contributed by atoms with van der Waals surface area (Å²) in [5, 5.41) is 16.6. The Morgan fingerprint density at radius 3 is 2.36 bits per heavy atom. The number of thioether (sulfide) groups is 1. The van der Waals surface area contributed by atoms with Crippen LogP contribution in [-0.2, 0) is 4.79 Å². The number of carboxylic acid groups (broad SMARTS) is 1. The van der Waals surface area contributed by atoms with Gasteiger partial charge in [0.2, 0.25) is 0 Å². The number of benzene rings is 3. The molecule has 0 heterocycles. The topological polar surface area (TPSA) is 87.2 Å². The first-order chi connectivity index (χ1) is 15.9. The van der Waals surface area contributed by atoms with E-state index in [2.05, 4.69) is 0 Å². The summed E-state index contributed by atoms with van der Waals surface area (Å²) < 4.78 is 15.1. The third-order valence-corrected chi connectivity index (χ3v) is 6.03. The van der Waals surface area contributed by atoms with Gasteiger partial charge in [0.1, 0.15) is 5.82 Å². The lowest BCUT2D eigenvalue weighted by Gasteiger charge is -2.18. The molecule has 0 atom stereocenters. The van der Waals surface area contributed by atoms with Crippen LogP contribution in [0.1, 0.15) is 41.2 Å². The Hall–Kier alpha value is -3.64. The van der Waals surface area contributed by atoms with Crippen LogP contribution in [-0.4, -0.2) is 23.5 Å². The molecule has 4 N–H and O–H groups in total. The summed E-state index contributed by atoms with van der Waals surface area (Å²) in [4.78, 5) is 11.7. The quantitative estimate of drug-likeness (QED) is 0.116. The molecule has 0 saturated heterocycles. The monoisotopic (exact) mass is 460 g/mol. The molecule has 0 aromatic heterocycles. The van der Waals surface area contributed by atoms with E-state index in [0.717, 1.165) is 38.8 Å². The largest absolute Gasteiger partial charge is 0.478 e. The van der Waals surface area contributed by atoms with Gasteiger partial charge in [0.15, 0.2) is 0 Å². The predicted octanol–water partition coefficient (Wildman–Crippen LogP) is 6.59. The summed E-state index contributed by atoms with van der Waals surface area (Å²) in [7, 11) is 0. The molecule has 0 unspecified atom stereocenters. The number of hydrogen-bond acceptors (Lipinski definition) is 4. The van der Waals surface area contributed by atoms with E-state index in [4.69, 9.17) is 16.2 Å². The van der Waals surface area contributed by atoms with Crippen molar-refractivity contribution in [3.63, 3.8) is 0 Å². The van der Waals surface area contributed by atoms with Gasteiger partial charge < -0.3 is 16.2 Å². The predicted molar refractivity (Wildman–Crippen MR) is 136 cm³/mol. The molecule has 0 amide bonds. The second-order valence-corrected chi connectivity index (χ2v) is 8.21. The van der Waals surface area contributed by atoms with Crippen LogP contribution in [0.3, 0.4) is 0 Å². The Labute approximate surface area is 197 Å². The molecule has 0 saturated carbocycles. The molecular formula is C27H25FN2O2S. The van der Waals surface area contributed by atoms with E-state index >= 15 is 4.39 Å². The highest BCUT2D eigenvalue weighted by Crippen LogP contribution is 2.37. The van der Waals surface area contributed by atoms with Crippen LogP contribution < -0.4 is 5.73 Å². The van der Waals surface area contributed by atoms with Crippen molar-refractivity contribution in [2.45, 2.75) is 18.2 Å². The average molecular weight is 461 g/mol. The van der Waals surface area contributed by atoms with Crippen LogP contribution in [0.25, 0.3) is 17.2 Å². The summed E-state index contributed by atoms with van der Waals surface area (Å²) in [5.41, 5.74) is 11.7. The van der Waals surface area contributed by atoms with Crippen LogP contribution in [0.5, 0.6) is 0 Å².